The minimum absolute atomic E-state index is 0.169. The van der Waals surface area contributed by atoms with Crippen molar-refractivity contribution in [3.8, 4) is 0 Å². The molecule has 3 rings (SSSR count). The number of imidazole rings is 1. The second-order valence-corrected chi connectivity index (χ2v) is 4.89. The Morgan fingerprint density at radius 3 is 3.06 bits per heavy atom. The van der Waals surface area contributed by atoms with Crippen LogP contribution in [0.15, 0.2) is 18.5 Å². The molecule has 1 atom stereocenters. The maximum atomic E-state index is 6.14. The lowest BCUT2D eigenvalue weighted by atomic mass is 10.1. The van der Waals surface area contributed by atoms with Gasteiger partial charge in [0.15, 0.2) is 0 Å². The van der Waals surface area contributed by atoms with Crippen molar-refractivity contribution >= 4 is 5.78 Å². The number of rotatable bonds is 1. The molecule has 1 aliphatic rings. The predicted molar refractivity (Wildman–Crippen MR) is 68.9 cm³/mol. The highest BCUT2D eigenvalue weighted by Crippen LogP contribution is 2.25. The van der Waals surface area contributed by atoms with Crippen LogP contribution in [0.3, 0.4) is 0 Å². The monoisotopic (exact) mass is 246 g/mol. The summed E-state index contributed by atoms with van der Waals surface area (Å²) in [6.07, 6.45) is 3.76. The minimum Gasteiger partial charge on any atom is -0.303 e. The molecule has 2 N–H and O–H groups in total. The first-order valence-electron chi connectivity index (χ1n) is 6.16. The first kappa shape index (κ1) is 11.6. The third-order valence-electron chi connectivity index (χ3n) is 3.57. The molecule has 2 aromatic rings. The SMILES string of the molecule is Cc1nc2ncccn2c1C1CN(C)CCN1N. The van der Waals surface area contributed by atoms with E-state index in [9.17, 15) is 0 Å². The summed E-state index contributed by atoms with van der Waals surface area (Å²) in [6.45, 7) is 4.81. The van der Waals surface area contributed by atoms with Gasteiger partial charge in [-0.25, -0.2) is 15.0 Å². The highest BCUT2D eigenvalue weighted by molar-refractivity contribution is 5.36. The second-order valence-electron chi connectivity index (χ2n) is 4.89. The van der Waals surface area contributed by atoms with E-state index in [0.717, 1.165) is 36.8 Å². The van der Waals surface area contributed by atoms with E-state index in [4.69, 9.17) is 5.84 Å². The zero-order valence-electron chi connectivity index (χ0n) is 10.7. The van der Waals surface area contributed by atoms with Gasteiger partial charge in [-0.3, -0.25) is 10.2 Å². The van der Waals surface area contributed by atoms with E-state index in [1.54, 1.807) is 6.20 Å². The van der Waals surface area contributed by atoms with Crippen LogP contribution < -0.4 is 5.84 Å². The molecule has 0 spiro atoms. The van der Waals surface area contributed by atoms with Crippen LogP contribution in [0.1, 0.15) is 17.4 Å². The first-order chi connectivity index (χ1) is 8.66. The number of hydrazine groups is 1. The van der Waals surface area contributed by atoms with Crippen molar-refractivity contribution in [1.29, 1.82) is 0 Å². The molecule has 1 saturated heterocycles. The van der Waals surface area contributed by atoms with Gasteiger partial charge in [-0.15, -0.1) is 0 Å². The molecule has 0 amide bonds. The van der Waals surface area contributed by atoms with Crippen LogP contribution in [-0.2, 0) is 0 Å². The summed E-state index contributed by atoms with van der Waals surface area (Å²) in [5, 5.41) is 1.91. The van der Waals surface area contributed by atoms with Gasteiger partial charge in [-0.1, -0.05) is 0 Å². The highest BCUT2D eigenvalue weighted by Gasteiger charge is 2.28. The van der Waals surface area contributed by atoms with Crippen molar-refractivity contribution < 1.29 is 0 Å². The van der Waals surface area contributed by atoms with Crippen LogP contribution >= 0.6 is 0 Å². The fourth-order valence-corrected chi connectivity index (χ4v) is 2.59. The quantitative estimate of drug-likeness (QED) is 0.728. The number of nitrogens with two attached hydrogens (primary N) is 1. The normalized spacial score (nSPS) is 22.7. The summed E-state index contributed by atoms with van der Waals surface area (Å²) in [7, 11) is 2.12. The Hall–Kier alpha value is -1.50. The number of aryl methyl sites for hydroxylation is 1. The van der Waals surface area contributed by atoms with Gasteiger partial charge in [-0.2, -0.15) is 0 Å². The molecule has 0 aromatic carbocycles. The molecule has 6 heteroatoms. The van der Waals surface area contributed by atoms with Crippen LogP contribution in [-0.4, -0.2) is 51.0 Å². The molecular weight excluding hydrogens is 228 g/mol. The van der Waals surface area contributed by atoms with Crippen LogP contribution in [0.4, 0.5) is 0 Å². The third-order valence-corrected chi connectivity index (χ3v) is 3.57. The second kappa shape index (κ2) is 4.31. The molecule has 3 heterocycles. The van der Waals surface area contributed by atoms with Crippen molar-refractivity contribution in [1.82, 2.24) is 24.3 Å². The number of nitrogens with zero attached hydrogens (tertiary/aromatic N) is 5. The number of piperazine rings is 1. The maximum absolute atomic E-state index is 6.14. The zero-order chi connectivity index (χ0) is 12.7. The molecule has 0 bridgehead atoms. The molecule has 0 radical (unpaired) electrons. The average molecular weight is 246 g/mol. The lowest BCUT2D eigenvalue weighted by Crippen LogP contribution is -2.50. The summed E-state index contributed by atoms with van der Waals surface area (Å²) in [4.78, 5) is 11.1. The van der Waals surface area contributed by atoms with E-state index >= 15 is 0 Å². The van der Waals surface area contributed by atoms with Crippen molar-refractivity contribution in [3.05, 3.63) is 29.8 Å². The lowest BCUT2D eigenvalue weighted by molar-refractivity contribution is 0.0872. The van der Waals surface area contributed by atoms with Gasteiger partial charge in [0.05, 0.1) is 17.4 Å². The van der Waals surface area contributed by atoms with Gasteiger partial charge in [0.2, 0.25) is 5.78 Å². The van der Waals surface area contributed by atoms with E-state index in [1.807, 2.05) is 28.6 Å². The van der Waals surface area contributed by atoms with Crippen LogP contribution in [0.25, 0.3) is 5.78 Å². The Kier molecular flexibility index (Phi) is 2.77. The first-order valence-corrected chi connectivity index (χ1v) is 6.16. The number of aromatic nitrogens is 3. The fraction of sp³-hybridized carbons (Fsp3) is 0.500. The van der Waals surface area contributed by atoms with Crippen molar-refractivity contribution in [2.45, 2.75) is 13.0 Å². The van der Waals surface area contributed by atoms with Crippen molar-refractivity contribution in [2.24, 2.45) is 5.84 Å². The Morgan fingerprint density at radius 2 is 2.22 bits per heavy atom. The summed E-state index contributed by atoms with van der Waals surface area (Å²) < 4.78 is 2.04. The van der Waals surface area contributed by atoms with Gasteiger partial charge in [-0.05, 0) is 20.0 Å². The molecule has 1 unspecified atom stereocenters. The molecule has 1 aliphatic heterocycles. The fourth-order valence-electron chi connectivity index (χ4n) is 2.59. The molecule has 2 aromatic heterocycles. The minimum atomic E-state index is 0.169. The topological polar surface area (TPSA) is 62.7 Å². The number of fused-ring (bicyclic) bond motifs is 1. The van der Waals surface area contributed by atoms with E-state index in [1.165, 1.54) is 0 Å². The summed E-state index contributed by atoms with van der Waals surface area (Å²) in [5.74, 6) is 6.88. The number of likely N-dealkylation sites (N-methyl/N-ethyl adjacent to an activating group) is 1. The molecular formula is C12H18N6. The molecule has 1 fully saturated rings. The molecule has 96 valence electrons. The van der Waals surface area contributed by atoms with E-state index in [-0.39, 0.29) is 6.04 Å². The van der Waals surface area contributed by atoms with Gasteiger partial charge in [0, 0.05) is 32.0 Å². The Balaban J connectivity index is 2.10. The van der Waals surface area contributed by atoms with E-state index in [0.29, 0.717) is 0 Å². The summed E-state index contributed by atoms with van der Waals surface area (Å²) in [6, 6.07) is 2.09. The number of hydrogen-bond acceptors (Lipinski definition) is 5. The molecule has 0 saturated carbocycles. The zero-order valence-corrected chi connectivity index (χ0v) is 10.7. The van der Waals surface area contributed by atoms with E-state index < -0.39 is 0 Å². The lowest BCUT2D eigenvalue weighted by Gasteiger charge is -2.37. The van der Waals surface area contributed by atoms with E-state index in [2.05, 4.69) is 21.9 Å². The highest BCUT2D eigenvalue weighted by atomic mass is 15.5. The Labute approximate surface area is 106 Å². The standard InChI is InChI=1S/C12H18N6/c1-9-11(10-8-16(2)6-7-18(10)13)17-5-3-4-14-12(17)15-9/h3-5,10H,6-8,13H2,1-2H3. The predicted octanol–water partition coefficient (Wildman–Crippen LogP) is 0.200. The summed E-state index contributed by atoms with van der Waals surface area (Å²) in [5.41, 5.74) is 2.15. The Bertz CT molecular complexity index is 563. The average Bonchev–Trinajstić information content (AvgIpc) is 2.68. The third kappa shape index (κ3) is 1.78. The van der Waals surface area contributed by atoms with Crippen molar-refractivity contribution in [2.75, 3.05) is 26.7 Å². The number of hydrogen-bond donors (Lipinski definition) is 1. The molecule has 18 heavy (non-hydrogen) atoms. The smallest absolute Gasteiger partial charge is 0.234 e. The molecule has 0 aliphatic carbocycles. The summed E-state index contributed by atoms with van der Waals surface area (Å²) >= 11 is 0. The van der Waals surface area contributed by atoms with Crippen LogP contribution in [0.2, 0.25) is 0 Å². The molecule has 6 nitrogen and oxygen atoms in total. The van der Waals surface area contributed by atoms with Crippen LogP contribution in [0, 0.1) is 6.92 Å². The van der Waals surface area contributed by atoms with Gasteiger partial charge in [0.25, 0.3) is 0 Å². The largest absolute Gasteiger partial charge is 0.303 e. The van der Waals surface area contributed by atoms with Crippen molar-refractivity contribution in [3.63, 3.8) is 0 Å². The van der Waals surface area contributed by atoms with Gasteiger partial charge in [0.1, 0.15) is 0 Å². The van der Waals surface area contributed by atoms with Gasteiger partial charge < -0.3 is 4.90 Å². The Morgan fingerprint density at radius 1 is 1.39 bits per heavy atom. The maximum Gasteiger partial charge on any atom is 0.234 e. The van der Waals surface area contributed by atoms with Crippen LogP contribution in [0.5, 0.6) is 0 Å². The van der Waals surface area contributed by atoms with Gasteiger partial charge >= 0.3 is 0 Å².